The van der Waals surface area contributed by atoms with Gasteiger partial charge >= 0.3 is 0 Å². The maximum Gasteiger partial charge on any atom is 0.120 e. The monoisotopic (exact) mass is 290 g/mol. The molecule has 21 heavy (non-hydrogen) atoms. The number of nitrogens with zero attached hydrogens (tertiary/aromatic N) is 1. The van der Waals surface area contributed by atoms with Gasteiger partial charge in [0.2, 0.25) is 0 Å². The van der Waals surface area contributed by atoms with Crippen molar-refractivity contribution in [1.29, 1.82) is 0 Å². The smallest absolute Gasteiger partial charge is 0.120 e. The lowest BCUT2D eigenvalue weighted by atomic mass is 10.0. The lowest BCUT2D eigenvalue weighted by molar-refractivity contribution is 0.414. The largest absolute Gasteiger partial charge is 0.497 e. The number of nitrogens with two attached hydrogens (primary N) is 1. The molecule has 3 nitrogen and oxygen atoms in total. The van der Waals surface area contributed by atoms with Gasteiger partial charge in [-0.15, -0.1) is 0 Å². The van der Waals surface area contributed by atoms with E-state index in [9.17, 15) is 0 Å². The lowest BCUT2D eigenvalue weighted by Gasteiger charge is -2.33. The van der Waals surface area contributed by atoms with Gasteiger partial charge in [-0.3, -0.25) is 0 Å². The number of hydrogen-bond donors (Lipinski definition) is 1. The Labute approximate surface area is 129 Å². The highest BCUT2D eigenvalue weighted by Crippen LogP contribution is 2.33. The molecule has 0 amide bonds. The molecule has 0 aromatic heterocycles. The van der Waals surface area contributed by atoms with Gasteiger partial charge in [-0.05, 0) is 36.8 Å². The van der Waals surface area contributed by atoms with Gasteiger partial charge in [-0.25, -0.2) is 0 Å². The van der Waals surface area contributed by atoms with Crippen molar-refractivity contribution in [2.45, 2.75) is 58.5 Å². The summed E-state index contributed by atoms with van der Waals surface area (Å²) in [7, 11) is 1.73. The Morgan fingerprint density at radius 3 is 2.57 bits per heavy atom. The second-order valence-electron chi connectivity index (χ2n) is 6.51. The average molecular weight is 290 g/mol. The van der Waals surface area contributed by atoms with Crippen LogP contribution in [0.3, 0.4) is 0 Å². The van der Waals surface area contributed by atoms with Crippen LogP contribution in [0.15, 0.2) is 18.2 Å². The quantitative estimate of drug-likeness (QED) is 0.826. The summed E-state index contributed by atoms with van der Waals surface area (Å²) in [5.41, 5.74) is 8.48. The van der Waals surface area contributed by atoms with E-state index in [2.05, 4.69) is 30.9 Å². The van der Waals surface area contributed by atoms with Gasteiger partial charge in [0.15, 0.2) is 0 Å². The molecule has 0 saturated heterocycles. The molecular weight excluding hydrogens is 260 g/mol. The van der Waals surface area contributed by atoms with E-state index >= 15 is 0 Å². The van der Waals surface area contributed by atoms with Gasteiger partial charge in [0.05, 0.1) is 7.11 Å². The molecule has 0 spiro atoms. The number of hydrogen-bond acceptors (Lipinski definition) is 3. The molecule has 0 radical (unpaired) electrons. The van der Waals surface area contributed by atoms with Gasteiger partial charge in [-0.1, -0.05) is 32.8 Å². The predicted molar refractivity (Wildman–Crippen MR) is 89.9 cm³/mol. The minimum Gasteiger partial charge on any atom is -0.497 e. The van der Waals surface area contributed by atoms with Crippen molar-refractivity contribution in [3.05, 3.63) is 23.8 Å². The fourth-order valence-corrected chi connectivity index (χ4v) is 3.22. The van der Waals surface area contributed by atoms with E-state index in [1.807, 2.05) is 6.07 Å². The molecule has 2 rings (SSSR count). The minimum atomic E-state index is 0.588. The van der Waals surface area contributed by atoms with Crippen LogP contribution in [0.5, 0.6) is 5.75 Å². The molecule has 0 bridgehead atoms. The van der Waals surface area contributed by atoms with E-state index in [0.29, 0.717) is 12.6 Å². The standard InChI is InChI=1S/C18H30N2O/c1-14(2)10-11-20(16-6-4-5-7-16)18-12-17(21-3)9-8-15(18)13-19/h8-9,12,14,16H,4-7,10-11,13,19H2,1-3H3. The lowest BCUT2D eigenvalue weighted by Crippen LogP contribution is -2.35. The van der Waals surface area contributed by atoms with E-state index in [1.165, 1.54) is 43.4 Å². The van der Waals surface area contributed by atoms with Crippen LogP contribution in [0.1, 0.15) is 51.5 Å². The summed E-state index contributed by atoms with van der Waals surface area (Å²) in [6, 6.07) is 6.97. The Morgan fingerprint density at radius 2 is 2.00 bits per heavy atom. The number of anilines is 1. The first-order valence-electron chi connectivity index (χ1n) is 8.29. The first-order valence-corrected chi connectivity index (χ1v) is 8.29. The fourth-order valence-electron chi connectivity index (χ4n) is 3.22. The molecule has 3 heteroatoms. The number of rotatable bonds is 7. The molecule has 1 aliphatic carbocycles. The zero-order valence-corrected chi connectivity index (χ0v) is 13.8. The van der Waals surface area contributed by atoms with Gasteiger partial charge in [0.1, 0.15) is 5.75 Å². The summed E-state index contributed by atoms with van der Waals surface area (Å²) >= 11 is 0. The molecule has 0 unspecified atom stereocenters. The normalized spacial score (nSPS) is 15.7. The van der Waals surface area contributed by atoms with Crippen LogP contribution in [0, 0.1) is 5.92 Å². The van der Waals surface area contributed by atoms with Crippen molar-refractivity contribution < 1.29 is 4.74 Å². The first-order chi connectivity index (χ1) is 10.2. The summed E-state index contributed by atoms with van der Waals surface area (Å²) < 4.78 is 5.43. The van der Waals surface area contributed by atoms with Crippen LogP contribution in [0.4, 0.5) is 5.69 Å². The molecule has 118 valence electrons. The van der Waals surface area contributed by atoms with Gasteiger partial charge < -0.3 is 15.4 Å². The van der Waals surface area contributed by atoms with E-state index in [1.54, 1.807) is 7.11 Å². The summed E-state index contributed by atoms with van der Waals surface area (Å²) in [4.78, 5) is 2.59. The third-order valence-corrected chi connectivity index (χ3v) is 4.53. The molecule has 1 aliphatic rings. The Balaban J connectivity index is 2.29. The number of ether oxygens (including phenoxy) is 1. The van der Waals surface area contributed by atoms with E-state index in [-0.39, 0.29) is 0 Å². The predicted octanol–water partition coefficient (Wildman–Crippen LogP) is 3.95. The van der Waals surface area contributed by atoms with E-state index in [4.69, 9.17) is 10.5 Å². The zero-order chi connectivity index (χ0) is 15.2. The van der Waals surface area contributed by atoms with Crippen molar-refractivity contribution in [3.8, 4) is 5.75 Å². The van der Waals surface area contributed by atoms with Crippen LogP contribution in [-0.2, 0) is 6.54 Å². The second-order valence-corrected chi connectivity index (χ2v) is 6.51. The topological polar surface area (TPSA) is 38.5 Å². The van der Waals surface area contributed by atoms with Crippen molar-refractivity contribution in [2.24, 2.45) is 11.7 Å². The van der Waals surface area contributed by atoms with Crippen LogP contribution in [0.2, 0.25) is 0 Å². The van der Waals surface area contributed by atoms with Crippen LogP contribution >= 0.6 is 0 Å². The van der Waals surface area contributed by atoms with Crippen molar-refractivity contribution in [3.63, 3.8) is 0 Å². The third kappa shape index (κ3) is 4.13. The zero-order valence-electron chi connectivity index (χ0n) is 13.8. The molecule has 0 heterocycles. The van der Waals surface area contributed by atoms with Crippen molar-refractivity contribution >= 4 is 5.69 Å². The van der Waals surface area contributed by atoms with E-state index < -0.39 is 0 Å². The average Bonchev–Trinajstić information content (AvgIpc) is 3.01. The molecule has 1 aromatic rings. The van der Waals surface area contributed by atoms with Crippen LogP contribution in [-0.4, -0.2) is 19.7 Å². The highest BCUT2D eigenvalue weighted by Gasteiger charge is 2.24. The Bertz CT molecular complexity index is 439. The molecule has 1 aromatic carbocycles. The Hall–Kier alpha value is -1.22. The van der Waals surface area contributed by atoms with Gasteiger partial charge in [0.25, 0.3) is 0 Å². The van der Waals surface area contributed by atoms with Gasteiger partial charge in [0, 0.05) is 30.9 Å². The van der Waals surface area contributed by atoms with Crippen LogP contribution < -0.4 is 15.4 Å². The molecule has 0 atom stereocenters. The fraction of sp³-hybridized carbons (Fsp3) is 0.667. The Morgan fingerprint density at radius 1 is 1.29 bits per heavy atom. The molecule has 0 aliphatic heterocycles. The Kier molecular flexibility index (Phi) is 5.92. The van der Waals surface area contributed by atoms with E-state index in [0.717, 1.165) is 18.2 Å². The molecular formula is C18H30N2O. The highest BCUT2D eigenvalue weighted by atomic mass is 16.5. The SMILES string of the molecule is COc1ccc(CN)c(N(CCC(C)C)C2CCCC2)c1. The number of methoxy groups -OCH3 is 1. The van der Waals surface area contributed by atoms with Crippen molar-refractivity contribution in [2.75, 3.05) is 18.6 Å². The molecule has 1 saturated carbocycles. The maximum atomic E-state index is 5.97. The van der Waals surface area contributed by atoms with Crippen LogP contribution in [0.25, 0.3) is 0 Å². The molecule has 1 fully saturated rings. The van der Waals surface area contributed by atoms with Crippen molar-refractivity contribution in [1.82, 2.24) is 0 Å². The number of benzene rings is 1. The maximum absolute atomic E-state index is 5.97. The summed E-state index contributed by atoms with van der Waals surface area (Å²) in [5.74, 6) is 1.65. The first kappa shape index (κ1) is 16.2. The highest BCUT2D eigenvalue weighted by molar-refractivity contribution is 5.58. The molecule has 2 N–H and O–H groups in total. The summed E-state index contributed by atoms with van der Waals surface area (Å²) in [6.45, 7) is 6.29. The third-order valence-electron chi connectivity index (χ3n) is 4.53. The second kappa shape index (κ2) is 7.69. The summed E-state index contributed by atoms with van der Waals surface area (Å²) in [5, 5.41) is 0. The van der Waals surface area contributed by atoms with Gasteiger partial charge in [-0.2, -0.15) is 0 Å². The summed E-state index contributed by atoms with van der Waals surface area (Å²) in [6.07, 6.45) is 6.53. The minimum absolute atomic E-state index is 0.588.